The number of nitrogens with zero attached hydrogens (tertiary/aromatic N) is 3. The smallest absolute Gasteiger partial charge is 0.410 e. The van der Waals surface area contributed by atoms with Crippen LogP contribution in [0.2, 0.25) is 5.02 Å². The number of halogens is 1. The molecule has 3 aromatic rings. The third-order valence-electron chi connectivity index (χ3n) is 6.27. The molecule has 0 saturated carbocycles. The number of amides is 2. The fraction of sp³-hybridized carbons (Fsp3) is 0.393. The molecule has 1 saturated heterocycles. The van der Waals surface area contributed by atoms with Crippen LogP contribution in [0.3, 0.4) is 0 Å². The number of rotatable bonds is 4. The molecular weight excluding hydrogens is 492 g/mol. The third-order valence-corrected chi connectivity index (χ3v) is 6.58. The van der Waals surface area contributed by atoms with E-state index in [1.54, 1.807) is 26.5 Å². The van der Waals surface area contributed by atoms with Crippen molar-refractivity contribution in [2.24, 2.45) is 0 Å². The van der Waals surface area contributed by atoms with Gasteiger partial charge in [0.15, 0.2) is 0 Å². The van der Waals surface area contributed by atoms with E-state index in [1.807, 2.05) is 65.1 Å². The van der Waals surface area contributed by atoms with E-state index in [1.165, 1.54) is 0 Å². The standard InChI is InChI=1S/C28H33ClN4O4/c1-6-7-10-33-17-22(21-15-18(2)30-24(21)26(33)35)19-8-9-20(23(29)16-19)25(34)31-11-13-32(14-12-31)27(36)37-28(3,4)5/h6-9,15-17,30H,10-14H2,1-5H3/b7-6+. The first kappa shape index (κ1) is 26.5. The van der Waals surface area contributed by atoms with Gasteiger partial charge >= 0.3 is 6.09 Å². The molecule has 1 aliphatic rings. The van der Waals surface area contributed by atoms with Gasteiger partial charge in [-0.05, 0) is 58.4 Å². The minimum atomic E-state index is -0.566. The number of aryl methyl sites for hydroxylation is 1. The van der Waals surface area contributed by atoms with Crippen LogP contribution in [-0.2, 0) is 11.3 Å². The third kappa shape index (κ3) is 5.74. The fourth-order valence-corrected chi connectivity index (χ4v) is 4.69. The lowest BCUT2D eigenvalue weighted by Gasteiger charge is -2.35. The SMILES string of the molecule is C/C=C/Cn1cc(-c2ccc(C(=O)N3CCN(C(=O)OC(C)(C)C)CC3)c(Cl)c2)c2cc(C)[nH]c2c1=O. The van der Waals surface area contributed by atoms with Crippen LogP contribution in [0.1, 0.15) is 43.7 Å². The highest BCUT2D eigenvalue weighted by Crippen LogP contribution is 2.31. The first-order chi connectivity index (χ1) is 17.5. The molecular formula is C28H33ClN4O4. The maximum absolute atomic E-state index is 13.3. The number of pyridine rings is 1. The molecule has 0 radical (unpaired) electrons. The lowest BCUT2D eigenvalue weighted by molar-refractivity contribution is 0.0141. The van der Waals surface area contributed by atoms with Gasteiger partial charge in [-0.2, -0.15) is 0 Å². The molecule has 0 unspecified atom stereocenters. The molecule has 0 atom stereocenters. The van der Waals surface area contributed by atoms with Gasteiger partial charge in [-0.1, -0.05) is 29.8 Å². The Morgan fingerprint density at radius 3 is 2.41 bits per heavy atom. The van der Waals surface area contributed by atoms with Crippen molar-refractivity contribution in [2.45, 2.75) is 46.8 Å². The molecule has 4 rings (SSSR count). The molecule has 8 nitrogen and oxygen atoms in total. The second-order valence-electron chi connectivity index (χ2n) is 10.3. The lowest BCUT2D eigenvalue weighted by Crippen LogP contribution is -2.51. The number of benzene rings is 1. The van der Waals surface area contributed by atoms with Crippen molar-refractivity contribution in [1.82, 2.24) is 19.4 Å². The second-order valence-corrected chi connectivity index (χ2v) is 10.7. The molecule has 0 aliphatic carbocycles. The van der Waals surface area contributed by atoms with Gasteiger partial charge < -0.3 is 24.1 Å². The van der Waals surface area contributed by atoms with Gasteiger partial charge in [0.25, 0.3) is 11.5 Å². The molecule has 1 aliphatic heterocycles. The zero-order chi connectivity index (χ0) is 26.9. The lowest BCUT2D eigenvalue weighted by atomic mass is 10.0. The minimum Gasteiger partial charge on any atom is -0.444 e. The van der Waals surface area contributed by atoms with E-state index in [-0.39, 0.29) is 17.6 Å². The number of carbonyl (C=O) groups excluding carboxylic acids is 2. The van der Waals surface area contributed by atoms with E-state index in [0.29, 0.717) is 48.8 Å². The molecule has 1 fully saturated rings. The van der Waals surface area contributed by atoms with Crippen molar-refractivity contribution < 1.29 is 14.3 Å². The van der Waals surface area contributed by atoms with E-state index in [2.05, 4.69) is 4.98 Å². The summed E-state index contributed by atoms with van der Waals surface area (Å²) in [6, 6.07) is 7.31. The van der Waals surface area contributed by atoms with Crippen molar-refractivity contribution in [1.29, 1.82) is 0 Å². The zero-order valence-corrected chi connectivity index (χ0v) is 22.7. The zero-order valence-electron chi connectivity index (χ0n) is 21.9. The molecule has 0 spiro atoms. The van der Waals surface area contributed by atoms with Crippen LogP contribution in [0, 0.1) is 6.92 Å². The maximum Gasteiger partial charge on any atom is 0.410 e. The molecule has 1 N–H and O–H groups in total. The van der Waals surface area contributed by atoms with Gasteiger partial charge in [-0.25, -0.2) is 4.79 Å². The minimum absolute atomic E-state index is 0.0895. The van der Waals surface area contributed by atoms with Crippen molar-refractivity contribution >= 4 is 34.5 Å². The molecule has 3 heterocycles. The molecule has 2 amide bonds. The molecule has 196 valence electrons. The number of allylic oxidation sites excluding steroid dienone is 2. The van der Waals surface area contributed by atoms with E-state index >= 15 is 0 Å². The Morgan fingerprint density at radius 1 is 1.11 bits per heavy atom. The van der Waals surface area contributed by atoms with Crippen molar-refractivity contribution in [3.8, 4) is 11.1 Å². The predicted octanol–water partition coefficient (Wildman–Crippen LogP) is 5.23. The highest BCUT2D eigenvalue weighted by atomic mass is 35.5. The Hall–Kier alpha value is -3.52. The Morgan fingerprint density at radius 2 is 1.78 bits per heavy atom. The number of aromatic nitrogens is 2. The number of H-pyrrole nitrogens is 1. The van der Waals surface area contributed by atoms with E-state index < -0.39 is 5.60 Å². The molecule has 37 heavy (non-hydrogen) atoms. The molecule has 9 heteroatoms. The van der Waals surface area contributed by atoms with E-state index in [4.69, 9.17) is 16.3 Å². The number of hydrogen-bond donors (Lipinski definition) is 1. The van der Waals surface area contributed by atoms with Crippen LogP contribution in [0.25, 0.3) is 22.0 Å². The second kappa shape index (κ2) is 10.5. The summed E-state index contributed by atoms with van der Waals surface area (Å²) in [5, 5.41) is 1.15. The monoisotopic (exact) mass is 524 g/mol. The maximum atomic E-state index is 13.3. The summed E-state index contributed by atoms with van der Waals surface area (Å²) in [5.74, 6) is -0.180. The normalized spacial score (nSPS) is 14.5. The summed E-state index contributed by atoms with van der Waals surface area (Å²) in [6.45, 7) is 11.4. The van der Waals surface area contributed by atoms with Crippen LogP contribution >= 0.6 is 11.6 Å². The largest absolute Gasteiger partial charge is 0.444 e. The average molecular weight is 525 g/mol. The van der Waals surface area contributed by atoms with Crippen LogP contribution in [-0.4, -0.2) is 63.1 Å². The Kier molecular flexibility index (Phi) is 7.50. The van der Waals surface area contributed by atoms with Crippen LogP contribution in [0.15, 0.2) is 47.4 Å². The molecule has 2 aromatic heterocycles. The van der Waals surface area contributed by atoms with Crippen LogP contribution in [0.4, 0.5) is 4.79 Å². The number of nitrogens with one attached hydrogen (secondary N) is 1. The summed E-state index contributed by atoms with van der Waals surface area (Å²) in [7, 11) is 0. The van der Waals surface area contributed by atoms with Gasteiger partial charge in [0.2, 0.25) is 0 Å². The van der Waals surface area contributed by atoms with E-state index in [0.717, 1.165) is 22.2 Å². The predicted molar refractivity (Wildman–Crippen MR) is 146 cm³/mol. The van der Waals surface area contributed by atoms with Crippen LogP contribution in [0.5, 0.6) is 0 Å². The van der Waals surface area contributed by atoms with Gasteiger partial charge in [0, 0.05) is 55.6 Å². The van der Waals surface area contributed by atoms with Crippen molar-refractivity contribution in [2.75, 3.05) is 26.2 Å². The Labute approximate surface area is 221 Å². The number of fused-ring (bicyclic) bond motifs is 1. The highest BCUT2D eigenvalue weighted by Gasteiger charge is 2.29. The fourth-order valence-electron chi connectivity index (χ4n) is 4.43. The first-order valence-corrected chi connectivity index (χ1v) is 12.8. The van der Waals surface area contributed by atoms with Gasteiger partial charge in [-0.15, -0.1) is 0 Å². The van der Waals surface area contributed by atoms with E-state index in [9.17, 15) is 14.4 Å². The Bertz CT molecular complexity index is 1420. The van der Waals surface area contributed by atoms with Gasteiger partial charge in [0.1, 0.15) is 11.1 Å². The quantitative estimate of drug-likeness (QED) is 0.473. The van der Waals surface area contributed by atoms with Crippen LogP contribution < -0.4 is 5.56 Å². The summed E-state index contributed by atoms with van der Waals surface area (Å²) in [4.78, 5) is 45.0. The highest BCUT2D eigenvalue weighted by molar-refractivity contribution is 6.34. The van der Waals surface area contributed by atoms with Gasteiger partial charge in [0.05, 0.1) is 10.6 Å². The van der Waals surface area contributed by atoms with Gasteiger partial charge in [-0.3, -0.25) is 9.59 Å². The van der Waals surface area contributed by atoms with Crippen molar-refractivity contribution in [3.05, 3.63) is 69.2 Å². The summed E-state index contributed by atoms with van der Waals surface area (Å²) >= 11 is 6.64. The molecule has 1 aromatic carbocycles. The number of carbonyl (C=O) groups is 2. The Balaban J connectivity index is 1.57. The topological polar surface area (TPSA) is 87.6 Å². The summed E-state index contributed by atoms with van der Waals surface area (Å²) < 4.78 is 7.09. The summed E-state index contributed by atoms with van der Waals surface area (Å²) in [5.41, 5.74) is 2.85. The first-order valence-electron chi connectivity index (χ1n) is 12.4. The van der Waals surface area contributed by atoms with Crippen molar-refractivity contribution in [3.63, 3.8) is 0 Å². The number of hydrogen-bond acceptors (Lipinski definition) is 4. The molecule has 0 bridgehead atoms. The number of piperazine rings is 1. The average Bonchev–Trinajstić information content (AvgIpc) is 3.24. The summed E-state index contributed by atoms with van der Waals surface area (Å²) in [6.07, 6.45) is 5.29. The number of ether oxygens (including phenoxy) is 1. The number of aromatic amines is 1.